The Labute approximate surface area is 76.5 Å². The van der Waals surface area contributed by atoms with Gasteiger partial charge in [-0.1, -0.05) is 21.6 Å². The molecule has 0 aromatic rings. The van der Waals surface area contributed by atoms with Gasteiger partial charge in [-0.15, -0.1) is 0 Å². The van der Waals surface area contributed by atoms with Gasteiger partial charge in [-0.2, -0.15) is 0 Å². The standard InChI is InChI=1S/C7H15NOS2/c1-5-8(3)7(9)6(2)11-10-4/h6H,5H2,1-4H3. The molecule has 1 atom stereocenters. The summed E-state index contributed by atoms with van der Waals surface area (Å²) in [5.41, 5.74) is 0. The first kappa shape index (κ1) is 11.2. The molecule has 0 heterocycles. The molecule has 4 heteroatoms. The van der Waals surface area contributed by atoms with Crippen LogP contribution >= 0.6 is 21.6 Å². The molecule has 0 aliphatic heterocycles. The molecular weight excluding hydrogens is 178 g/mol. The third-order valence-corrected chi connectivity index (χ3v) is 3.57. The first-order valence-electron chi connectivity index (χ1n) is 3.57. The molecular formula is C7H15NOS2. The smallest absolute Gasteiger partial charge is 0.236 e. The third kappa shape index (κ3) is 3.91. The zero-order valence-electron chi connectivity index (χ0n) is 7.46. The molecule has 0 bridgehead atoms. The lowest BCUT2D eigenvalue weighted by Gasteiger charge is -2.18. The largest absolute Gasteiger partial charge is 0.345 e. The second kappa shape index (κ2) is 5.77. The fraction of sp³-hybridized carbons (Fsp3) is 0.857. The summed E-state index contributed by atoms with van der Waals surface area (Å²) in [5, 5.41) is 0.0787. The number of hydrogen-bond acceptors (Lipinski definition) is 3. The first-order chi connectivity index (χ1) is 5.13. The Balaban J connectivity index is 3.81. The van der Waals surface area contributed by atoms with Crippen molar-refractivity contribution in [3.8, 4) is 0 Å². The Kier molecular flexibility index (Phi) is 5.86. The van der Waals surface area contributed by atoms with Crippen LogP contribution < -0.4 is 0 Å². The van der Waals surface area contributed by atoms with Crippen molar-refractivity contribution in [2.75, 3.05) is 19.8 Å². The third-order valence-electron chi connectivity index (χ3n) is 1.44. The minimum atomic E-state index is 0.0787. The number of rotatable bonds is 4. The highest BCUT2D eigenvalue weighted by molar-refractivity contribution is 8.76. The van der Waals surface area contributed by atoms with Crippen molar-refractivity contribution < 1.29 is 4.79 Å². The maximum Gasteiger partial charge on any atom is 0.236 e. The summed E-state index contributed by atoms with van der Waals surface area (Å²) in [6, 6.07) is 0. The molecule has 0 fully saturated rings. The first-order valence-corrected chi connectivity index (χ1v) is 6.20. The summed E-state index contributed by atoms with van der Waals surface area (Å²) < 4.78 is 0. The molecule has 0 saturated carbocycles. The van der Waals surface area contributed by atoms with Crippen molar-refractivity contribution in [2.24, 2.45) is 0 Å². The fourth-order valence-electron chi connectivity index (χ4n) is 0.652. The zero-order chi connectivity index (χ0) is 8.85. The molecule has 0 N–H and O–H groups in total. The van der Waals surface area contributed by atoms with Gasteiger partial charge in [-0.05, 0) is 20.1 Å². The Morgan fingerprint density at radius 3 is 2.55 bits per heavy atom. The lowest BCUT2D eigenvalue weighted by atomic mass is 10.4. The Morgan fingerprint density at radius 1 is 1.64 bits per heavy atom. The second-order valence-corrected chi connectivity index (χ2v) is 5.07. The molecule has 0 radical (unpaired) electrons. The van der Waals surface area contributed by atoms with Gasteiger partial charge >= 0.3 is 0 Å². The molecule has 11 heavy (non-hydrogen) atoms. The highest BCUT2D eigenvalue weighted by Gasteiger charge is 2.15. The topological polar surface area (TPSA) is 20.3 Å². The highest BCUT2D eigenvalue weighted by Crippen LogP contribution is 2.24. The Hall–Kier alpha value is 0.170. The Morgan fingerprint density at radius 2 is 2.18 bits per heavy atom. The highest BCUT2D eigenvalue weighted by atomic mass is 33.1. The van der Waals surface area contributed by atoms with Gasteiger partial charge in [-0.3, -0.25) is 4.79 Å². The molecule has 0 aliphatic rings. The van der Waals surface area contributed by atoms with Gasteiger partial charge in [0, 0.05) is 13.6 Å². The number of nitrogens with zero attached hydrogens (tertiary/aromatic N) is 1. The second-order valence-electron chi connectivity index (χ2n) is 2.26. The molecule has 0 spiro atoms. The van der Waals surface area contributed by atoms with Gasteiger partial charge in [0.25, 0.3) is 0 Å². The maximum atomic E-state index is 11.4. The fourth-order valence-corrected chi connectivity index (χ4v) is 2.32. The lowest BCUT2D eigenvalue weighted by molar-refractivity contribution is -0.128. The van der Waals surface area contributed by atoms with E-state index in [1.165, 1.54) is 0 Å². The maximum absolute atomic E-state index is 11.4. The summed E-state index contributed by atoms with van der Waals surface area (Å²) in [5.74, 6) is 0.215. The average molecular weight is 193 g/mol. The van der Waals surface area contributed by atoms with E-state index < -0.39 is 0 Å². The predicted molar refractivity (Wildman–Crippen MR) is 53.9 cm³/mol. The summed E-state index contributed by atoms with van der Waals surface area (Å²) in [6.45, 7) is 4.71. The van der Waals surface area contributed by atoms with Gasteiger partial charge < -0.3 is 4.90 Å². The van der Waals surface area contributed by atoms with Crippen molar-refractivity contribution in [2.45, 2.75) is 19.1 Å². The van der Waals surface area contributed by atoms with Gasteiger partial charge in [-0.25, -0.2) is 0 Å². The van der Waals surface area contributed by atoms with Crippen molar-refractivity contribution in [3.63, 3.8) is 0 Å². The summed E-state index contributed by atoms with van der Waals surface area (Å²) >= 11 is 0. The molecule has 0 aliphatic carbocycles. The van der Waals surface area contributed by atoms with Crippen LogP contribution in [-0.4, -0.2) is 35.9 Å². The van der Waals surface area contributed by atoms with E-state index in [1.54, 1.807) is 26.5 Å². The van der Waals surface area contributed by atoms with Crippen LogP contribution in [0.1, 0.15) is 13.8 Å². The van der Waals surface area contributed by atoms with Crippen LogP contribution in [0, 0.1) is 0 Å². The van der Waals surface area contributed by atoms with Gasteiger partial charge in [0.2, 0.25) is 5.91 Å². The number of carbonyl (C=O) groups is 1. The van der Waals surface area contributed by atoms with Gasteiger partial charge in [0.15, 0.2) is 0 Å². The molecule has 1 unspecified atom stereocenters. The number of carbonyl (C=O) groups excluding carboxylic acids is 1. The predicted octanol–water partition coefficient (Wildman–Crippen LogP) is 1.86. The van der Waals surface area contributed by atoms with E-state index in [1.807, 2.05) is 27.2 Å². The summed E-state index contributed by atoms with van der Waals surface area (Å²) in [7, 11) is 5.08. The normalized spacial score (nSPS) is 12.7. The molecule has 0 aromatic carbocycles. The minimum Gasteiger partial charge on any atom is -0.345 e. The van der Waals surface area contributed by atoms with E-state index in [9.17, 15) is 4.79 Å². The van der Waals surface area contributed by atoms with E-state index >= 15 is 0 Å². The van der Waals surface area contributed by atoms with Crippen molar-refractivity contribution in [1.29, 1.82) is 0 Å². The minimum absolute atomic E-state index is 0.0787. The van der Waals surface area contributed by atoms with Crippen molar-refractivity contribution >= 4 is 27.5 Å². The molecule has 2 nitrogen and oxygen atoms in total. The lowest BCUT2D eigenvalue weighted by Crippen LogP contribution is -2.32. The van der Waals surface area contributed by atoms with E-state index in [4.69, 9.17) is 0 Å². The van der Waals surface area contributed by atoms with Crippen LogP contribution in [0.15, 0.2) is 0 Å². The van der Waals surface area contributed by atoms with Crippen molar-refractivity contribution in [1.82, 2.24) is 4.90 Å². The SMILES string of the molecule is CCN(C)C(=O)C(C)SSC. The monoisotopic (exact) mass is 193 g/mol. The van der Waals surface area contributed by atoms with Crippen LogP contribution in [0.2, 0.25) is 0 Å². The van der Waals surface area contributed by atoms with E-state index in [0.29, 0.717) is 0 Å². The van der Waals surface area contributed by atoms with Crippen LogP contribution in [0.3, 0.4) is 0 Å². The summed E-state index contributed by atoms with van der Waals surface area (Å²) in [4.78, 5) is 13.1. The van der Waals surface area contributed by atoms with E-state index in [-0.39, 0.29) is 11.2 Å². The van der Waals surface area contributed by atoms with Crippen LogP contribution in [-0.2, 0) is 4.79 Å². The van der Waals surface area contributed by atoms with E-state index in [2.05, 4.69) is 0 Å². The number of amides is 1. The number of hydrogen-bond donors (Lipinski definition) is 0. The average Bonchev–Trinajstić information content (AvgIpc) is 2.02. The van der Waals surface area contributed by atoms with Crippen LogP contribution in [0.4, 0.5) is 0 Å². The molecule has 0 rings (SSSR count). The van der Waals surface area contributed by atoms with E-state index in [0.717, 1.165) is 6.54 Å². The van der Waals surface area contributed by atoms with Gasteiger partial charge in [0.1, 0.15) is 0 Å². The molecule has 0 saturated heterocycles. The molecule has 0 aromatic heterocycles. The van der Waals surface area contributed by atoms with Crippen LogP contribution in [0.25, 0.3) is 0 Å². The van der Waals surface area contributed by atoms with Gasteiger partial charge in [0.05, 0.1) is 5.25 Å². The summed E-state index contributed by atoms with van der Waals surface area (Å²) in [6.07, 6.45) is 1.99. The van der Waals surface area contributed by atoms with Crippen molar-refractivity contribution in [3.05, 3.63) is 0 Å². The molecule has 1 amide bonds. The van der Waals surface area contributed by atoms with Crippen LogP contribution in [0.5, 0.6) is 0 Å². The zero-order valence-corrected chi connectivity index (χ0v) is 9.09. The molecule has 66 valence electrons. The Bertz CT molecular complexity index is 130. The quantitative estimate of drug-likeness (QED) is 0.636.